The lowest BCUT2D eigenvalue weighted by Crippen LogP contribution is -2.48. The smallest absolute Gasteiger partial charge is 0.406 e. The maximum Gasteiger partial charge on any atom is 0.573 e. The van der Waals surface area contributed by atoms with Crippen LogP contribution in [0.15, 0.2) is 53.4 Å². The minimum Gasteiger partial charge on any atom is -0.406 e. The maximum atomic E-state index is 12.3. The summed E-state index contributed by atoms with van der Waals surface area (Å²) in [5.41, 5.74) is 1.30. The Morgan fingerprint density at radius 1 is 1.03 bits per heavy atom. The van der Waals surface area contributed by atoms with E-state index in [9.17, 15) is 26.4 Å². The third kappa shape index (κ3) is 7.50. The Morgan fingerprint density at radius 3 is 2.25 bits per heavy atom. The van der Waals surface area contributed by atoms with Crippen molar-refractivity contribution in [3.8, 4) is 5.75 Å². The molecule has 7 nitrogen and oxygen atoms in total. The third-order valence-corrected chi connectivity index (χ3v) is 6.05. The fourth-order valence-electron chi connectivity index (χ4n) is 3.37. The molecule has 0 spiro atoms. The van der Waals surface area contributed by atoms with Gasteiger partial charge in [-0.25, -0.2) is 8.42 Å². The number of nitrogens with one attached hydrogen (secondary N) is 1. The number of piperazine rings is 1. The molecule has 1 saturated heterocycles. The van der Waals surface area contributed by atoms with Crippen molar-refractivity contribution >= 4 is 21.4 Å². The highest BCUT2D eigenvalue weighted by Crippen LogP contribution is 2.23. The Morgan fingerprint density at radius 2 is 1.66 bits per heavy atom. The van der Waals surface area contributed by atoms with E-state index in [0.29, 0.717) is 38.4 Å². The van der Waals surface area contributed by atoms with Gasteiger partial charge in [-0.2, -0.15) is 0 Å². The molecule has 11 heteroatoms. The predicted octanol–water partition coefficient (Wildman–Crippen LogP) is 2.75. The summed E-state index contributed by atoms with van der Waals surface area (Å²) in [6.07, 6.45) is -3.60. The van der Waals surface area contributed by atoms with Gasteiger partial charge in [0.05, 0.1) is 11.4 Å². The first-order valence-corrected chi connectivity index (χ1v) is 11.8. The van der Waals surface area contributed by atoms with E-state index in [4.69, 9.17) is 0 Å². The second-order valence-corrected chi connectivity index (χ2v) is 9.61. The lowest BCUT2D eigenvalue weighted by Gasteiger charge is -2.34. The molecule has 0 atom stereocenters. The van der Waals surface area contributed by atoms with Crippen molar-refractivity contribution in [2.45, 2.75) is 17.8 Å². The van der Waals surface area contributed by atoms with Crippen LogP contribution in [-0.2, 0) is 21.2 Å². The Labute approximate surface area is 184 Å². The number of hydrogen-bond donors (Lipinski definition) is 1. The number of anilines is 1. The first-order valence-electron chi connectivity index (χ1n) is 9.87. The van der Waals surface area contributed by atoms with Gasteiger partial charge in [-0.1, -0.05) is 18.2 Å². The van der Waals surface area contributed by atoms with E-state index in [1.165, 1.54) is 24.3 Å². The van der Waals surface area contributed by atoms with Crippen LogP contribution < -0.4 is 10.1 Å². The van der Waals surface area contributed by atoms with Gasteiger partial charge >= 0.3 is 6.36 Å². The largest absolute Gasteiger partial charge is 0.573 e. The zero-order valence-electron chi connectivity index (χ0n) is 17.4. The molecule has 2 aromatic rings. The Bertz CT molecular complexity index is 1040. The van der Waals surface area contributed by atoms with Gasteiger partial charge in [0.25, 0.3) is 0 Å². The third-order valence-electron chi connectivity index (χ3n) is 4.94. The molecule has 1 amide bonds. The van der Waals surface area contributed by atoms with E-state index in [-0.39, 0.29) is 23.1 Å². The molecule has 0 aromatic heterocycles. The van der Waals surface area contributed by atoms with Crippen LogP contribution in [0.3, 0.4) is 0 Å². The molecule has 0 saturated carbocycles. The average Bonchev–Trinajstić information content (AvgIpc) is 2.69. The summed E-state index contributed by atoms with van der Waals surface area (Å²) in [5, 5.41) is 2.72. The van der Waals surface area contributed by atoms with E-state index in [2.05, 4.69) is 15.0 Å². The molecule has 1 aliphatic heterocycles. The first kappa shape index (κ1) is 24.0. The van der Waals surface area contributed by atoms with Crippen molar-refractivity contribution in [2.24, 2.45) is 0 Å². The van der Waals surface area contributed by atoms with Gasteiger partial charge in [-0.3, -0.25) is 14.6 Å². The molecular weight excluding hydrogens is 447 g/mol. The maximum absolute atomic E-state index is 12.3. The second-order valence-electron chi connectivity index (χ2n) is 7.59. The van der Waals surface area contributed by atoms with Crippen LogP contribution in [0, 0.1) is 0 Å². The van der Waals surface area contributed by atoms with Crippen LogP contribution >= 0.6 is 0 Å². The quantitative estimate of drug-likeness (QED) is 0.669. The van der Waals surface area contributed by atoms with E-state index >= 15 is 0 Å². The highest BCUT2D eigenvalue weighted by atomic mass is 32.2. The van der Waals surface area contributed by atoms with Crippen molar-refractivity contribution in [1.29, 1.82) is 0 Å². The Balaban J connectivity index is 1.44. The monoisotopic (exact) mass is 471 g/mol. The summed E-state index contributed by atoms with van der Waals surface area (Å²) in [6.45, 7) is 3.50. The van der Waals surface area contributed by atoms with Gasteiger partial charge in [-0.15, -0.1) is 13.2 Å². The Hall–Kier alpha value is -2.63. The molecule has 0 aliphatic carbocycles. The van der Waals surface area contributed by atoms with Crippen LogP contribution in [-0.4, -0.2) is 69.5 Å². The van der Waals surface area contributed by atoms with Gasteiger partial charge in [0.1, 0.15) is 5.75 Å². The standard InChI is InChI=1S/C21H24F3N3O4S/c1-32(29,30)19-4-2-3-17(13-19)25-20(28)15-27-11-9-26(10-12-27)14-16-5-7-18(8-6-16)31-21(22,23)24/h2-8,13H,9-12,14-15H2,1H3,(H,25,28). The molecule has 0 bridgehead atoms. The molecule has 2 aromatic carbocycles. The number of amides is 1. The Kier molecular flexibility index (Phi) is 7.42. The molecule has 1 aliphatic rings. The fraction of sp³-hybridized carbons (Fsp3) is 0.381. The first-order chi connectivity index (χ1) is 15.0. The summed E-state index contributed by atoms with van der Waals surface area (Å²) in [4.78, 5) is 16.6. The number of rotatable bonds is 7. The molecule has 0 radical (unpaired) electrons. The van der Waals surface area contributed by atoms with Gasteiger partial charge in [-0.05, 0) is 35.9 Å². The summed E-state index contributed by atoms with van der Waals surface area (Å²) < 4.78 is 63.9. The van der Waals surface area contributed by atoms with Crippen molar-refractivity contribution in [3.63, 3.8) is 0 Å². The highest BCUT2D eigenvalue weighted by Gasteiger charge is 2.31. The number of sulfone groups is 1. The number of alkyl halides is 3. The minimum atomic E-state index is -4.71. The van der Waals surface area contributed by atoms with E-state index < -0.39 is 16.2 Å². The summed E-state index contributed by atoms with van der Waals surface area (Å²) in [6, 6.07) is 11.9. The van der Waals surface area contributed by atoms with Crippen LogP contribution in [0.1, 0.15) is 5.56 Å². The summed E-state index contributed by atoms with van der Waals surface area (Å²) >= 11 is 0. The lowest BCUT2D eigenvalue weighted by molar-refractivity contribution is -0.274. The van der Waals surface area contributed by atoms with Gasteiger partial charge < -0.3 is 10.1 Å². The number of nitrogens with zero attached hydrogens (tertiary/aromatic N) is 2. The zero-order chi connectivity index (χ0) is 23.4. The van der Waals surface area contributed by atoms with Crippen LogP contribution in [0.25, 0.3) is 0 Å². The molecule has 1 N–H and O–H groups in total. The molecule has 0 unspecified atom stereocenters. The molecule has 1 heterocycles. The van der Waals surface area contributed by atoms with Crippen LogP contribution in [0.2, 0.25) is 0 Å². The molecule has 1 fully saturated rings. The molecule has 32 heavy (non-hydrogen) atoms. The van der Waals surface area contributed by atoms with Gasteiger partial charge in [0.15, 0.2) is 9.84 Å². The van der Waals surface area contributed by atoms with Crippen LogP contribution in [0.5, 0.6) is 5.75 Å². The summed E-state index contributed by atoms with van der Waals surface area (Å²) in [5.74, 6) is -0.483. The number of hydrogen-bond acceptors (Lipinski definition) is 6. The normalized spacial score (nSPS) is 16.0. The SMILES string of the molecule is CS(=O)(=O)c1cccc(NC(=O)CN2CCN(Cc3ccc(OC(F)(F)F)cc3)CC2)c1. The van der Waals surface area contributed by atoms with E-state index in [1.54, 1.807) is 24.3 Å². The average molecular weight is 472 g/mol. The number of carbonyl (C=O) groups excluding carboxylic acids is 1. The molecule has 174 valence electrons. The number of carbonyl (C=O) groups is 1. The van der Waals surface area contributed by atoms with Crippen molar-refractivity contribution < 1.29 is 31.1 Å². The zero-order valence-corrected chi connectivity index (χ0v) is 18.2. The summed E-state index contributed by atoms with van der Waals surface area (Å²) in [7, 11) is -3.36. The van der Waals surface area contributed by atoms with Crippen LogP contribution in [0.4, 0.5) is 18.9 Å². The van der Waals surface area contributed by atoms with Crippen molar-refractivity contribution in [1.82, 2.24) is 9.80 Å². The van der Waals surface area contributed by atoms with Gasteiger partial charge in [0, 0.05) is 44.7 Å². The fourth-order valence-corrected chi connectivity index (χ4v) is 4.04. The number of halogens is 3. The topological polar surface area (TPSA) is 79.0 Å². The van der Waals surface area contributed by atoms with E-state index in [0.717, 1.165) is 11.8 Å². The number of benzene rings is 2. The molecular formula is C21H24F3N3O4S. The van der Waals surface area contributed by atoms with Gasteiger partial charge in [0.2, 0.25) is 5.91 Å². The lowest BCUT2D eigenvalue weighted by atomic mass is 10.2. The predicted molar refractivity (Wildman–Crippen MR) is 113 cm³/mol. The number of ether oxygens (including phenoxy) is 1. The van der Waals surface area contributed by atoms with Crippen molar-refractivity contribution in [3.05, 3.63) is 54.1 Å². The highest BCUT2D eigenvalue weighted by molar-refractivity contribution is 7.90. The van der Waals surface area contributed by atoms with E-state index in [1.807, 2.05) is 4.90 Å². The minimum absolute atomic E-state index is 0.141. The van der Waals surface area contributed by atoms with Crippen molar-refractivity contribution in [2.75, 3.05) is 44.3 Å². The second kappa shape index (κ2) is 9.88. The molecule has 3 rings (SSSR count).